The first-order valence-corrected chi connectivity index (χ1v) is 7.83. The summed E-state index contributed by atoms with van der Waals surface area (Å²) >= 11 is 1.07. The average molecular weight is 368 g/mol. The van der Waals surface area contributed by atoms with E-state index in [2.05, 4.69) is 75.5 Å². The molecule has 0 atom stereocenters. The van der Waals surface area contributed by atoms with Gasteiger partial charge in [-0.05, 0) is 0 Å². The molecule has 0 bridgehead atoms. The first kappa shape index (κ1) is 18.3. The van der Waals surface area contributed by atoms with E-state index in [1.807, 2.05) is 0 Å². The second kappa shape index (κ2) is 5.35. The molecule has 0 unspecified atom stereocenters. The van der Waals surface area contributed by atoms with Crippen LogP contribution in [0.15, 0.2) is 0 Å². The SMILES string of the molecule is CNC(C)(C)C(C)(C)[N]([Ce])C(C)(C)C(C)(C)C. The van der Waals surface area contributed by atoms with Crippen molar-refractivity contribution in [3.63, 3.8) is 0 Å². The van der Waals surface area contributed by atoms with Gasteiger partial charge in [0.2, 0.25) is 0 Å². The molecule has 2 nitrogen and oxygen atoms in total. The van der Waals surface area contributed by atoms with Gasteiger partial charge in [-0.1, -0.05) is 0 Å². The molecule has 0 aromatic rings. The van der Waals surface area contributed by atoms with Crippen molar-refractivity contribution in [2.24, 2.45) is 5.41 Å². The molecule has 101 valence electrons. The van der Waals surface area contributed by atoms with Crippen LogP contribution < -0.4 is 5.32 Å². The van der Waals surface area contributed by atoms with Crippen molar-refractivity contribution in [1.29, 1.82) is 0 Å². The zero-order valence-electron chi connectivity index (χ0n) is 13.4. The van der Waals surface area contributed by atoms with Gasteiger partial charge in [0.1, 0.15) is 0 Å². The summed E-state index contributed by atoms with van der Waals surface area (Å²) in [4.78, 5) is 0. The Morgan fingerprint density at radius 2 is 1.12 bits per heavy atom. The molecular weight excluding hydrogens is 336 g/mol. The van der Waals surface area contributed by atoms with Gasteiger partial charge in [0.25, 0.3) is 0 Å². The van der Waals surface area contributed by atoms with E-state index in [1.165, 1.54) is 0 Å². The predicted octanol–water partition coefficient (Wildman–Crippen LogP) is 3.35. The van der Waals surface area contributed by atoms with Crippen molar-refractivity contribution in [3.8, 4) is 0 Å². The second-order valence-electron chi connectivity index (χ2n) is 7.58. The molecule has 0 radical (unpaired) electrons. The Morgan fingerprint density at radius 3 is 1.35 bits per heavy atom. The van der Waals surface area contributed by atoms with E-state index in [1.54, 1.807) is 0 Å². The maximum atomic E-state index is 3.47. The fourth-order valence-corrected chi connectivity index (χ4v) is 3.55. The molecule has 0 aromatic carbocycles. The van der Waals surface area contributed by atoms with E-state index in [0.717, 1.165) is 40.0 Å². The van der Waals surface area contributed by atoms with Crippen LogP contribution in [0.25, 0.3) is 0 Å². The summed E-state index contributed by atoms with van der Waals surface area (Å²) < 4.78 is 2.65. The van der Waals surface area contributed by atoms with Crippen LogP contribution in [0.4, 0.5) is 0 Å². The molecule has 0 aliphatic heterocycles. The zero-order valence-corrected chi connectivity index (χ0v) is 16.6. The minimum atomic E-state index is 0.0945. The van der Waals surface area contributed by atoms with Crippen molar-refractivity contribution in [3.05, 3.63) is 0 Å². The maximum absolute atomic E-state index is 3.47. The summed E-state index contributed by atoms with van der Waals surface area (Å²) in [6, 6.07) is 0. The Labute approximate surface area is 136 Å². The Kier molecular flexibility index (Phi) is 5.76. The normalized spacial score (nSPS) is 15.4. The van der Waals surface area contributed by atoms with Gasteiger partial charge in [-0.3, -0.25) is 0 Å². The molecular formula is C14H31CeN2. The van der Waals surface area contributed by atoms with Crippen LogP contribution in [0.2, 0.25) is 0 Å². The molecule has 0 spiro atoms. The van der Waals surface area contributed by atoms with Crippen LogP contribution in [-0.2, 0) is 0 Å². The Bertz CT molecular complexity index is 262. The Morgan fingerprint density at radius 1 is 0.765 bits per heavy atom. The molecule has 0 aliphatic carbocycles. The van der Waals surface area contributed by atoms with E-state index in [9.17, 15) is 0 Å². The number of hydrogen-bond donors (Lipinski definition) is 1. The first-order chi connectivity index (χ1) is 7.22. The number of likely N-dealkylation sites (N-methyl/N-ethyl adjacent to an activating group) is 1. The van der Waals surface area contributed by atoms with Gasteiger partial charge in [-0.25, -0.2) is 0 Å². The van der Waals surface area contributed by atoms with E-state index in [4.69, 9.17) is 0 Å². The fraction of sp³-hybridized carbons (Fsp3) is 1.00. The third kappa shape index (κ3) is 3.44. The van der Waals surface area contributed by atoms with Crippen molar-refractivity contribution < 1.29 is 40.0 Å². The van der Waals surface area contributed by atoms with Crippen LogP contribution in [0, 0.1) is 45.5 Å². The molecule has 0 saturated carbocycles. The van der Waals surface area contributed by atoms with Gasteiger partial charge in [-0.15, -0.1) is 0 Å². The molecule has 1 N–H and O–H groups in total. The van der Waals surface area contributed by atoms with Crippen molar-refractivity contribution in [2.75, 3.05) is 7.05 Å². The summed E-state index contributed by atoms with van der Waals surface area (Å²) in [5, 5.41) is 3.47. The van der Waals surface area contributed by atoms with E-state index in [0.29, 0.717) is 0 Å². The Balaban J connectivity index is 5.38. The molecule has 0 saturated heterocycles. The van der Waals surface area contributed by atoms with Gasteiger partial charge >= 0.3 is 138 Å². The van der Waals surface area contributed by atoms with Gasteiger partial charge < -0.3 is 0 Å². The third-order valence-electron chi connectivity index (χ3n) is 5.11. The van der Waals surface area contributed by atoms with Gasteiger partial charge in [0.15, 0.2) is 0 Å². The molecule has 0 rings (SSSR count). The number of nitrogens with zero attached hydrogens (tertiary/aromatic N) is 1. The van der Waals surface area contributed by atoms with E-state index >= 15 is 0 Å². The zero-order chi connectivity index (χ0) is 14.3. The van der Waals surface area contributed by atoms with Crippen LogP contribution in [0.1, 0.15) is 62.3 Å². The Hall–Kier alpha value is 1.30. The van der Waals surface area contributed by atoms with Gasteiger partial charge in [0, 0.05) is 0 Å². The number of nitrogens with one attached hydrogen (secondary N) is 1. The topological polar surface area (TPSA) is 15.3 Å². The van der Waals surface area contributed by atoms with Crippen molar-refractivity contribution in [1.82, 2.24) is 6.18 Å². The molecule has 17 heavy (non-hydrogen) atoms. The molecule has 0 amide bonds. The average Bonchev–Trinajstić information content (AvgIpc) is 2.14. The van der Waals surface area contributed by atoms with Crippen molar-refractivity contribution >= 4 is 0 Å². The number of rotatable bonds is 4. The standard InChI is InChI=1S/C14H31N2.Ce/c1-11(2,3)12(4,5)16-14(8,9)13(6,7)15-10;/h15H,1-10H3;/q-1;+1. The molecule has 3 heteroatoms. The summed E-state index contributed by atoms with van der Waals surface area (Å²) in [7, 11) is 2.06. The van der Waals surface area contributed by atoms with E-state index in [-0.39, 0.29) is 22.0 Å². The molecule has 0 aliphatic rings. The van der Waals surface area contributed by atoms with Crippen LogP contribution in [-0.4, -0.2) is 24.5 Å². The fourth-order valence-electron chi connectivity index (χ4n) is 1.62. The summed E-state index contributed by atoms with van der Waals surface area (Å²) in [6.45, 7) is 21.0. The number of hydrogen-bond acceptors (Lipinski definition) is 2. The second-order valence-corrected chi connectivity index (χ2v) is 8.98. The molecule has 0 aromatic heterocycles. The quantitative estimate of drug-likeness (QED) is 0.820. The van der Waals surface area contributed by atoms with Crippen LogP contribution in [0.3, 0.4) is 0 Å². The minimum absolute atomic E-state index is 0.0945. The van der Waals surface area contributed by atoms with Gasteiger partial charge in [-0.2, -0.15) is 0 Å². The molecule has 0 heterocycles. The summed E-state index contributed by atoms with van der Waals surface area (Å²) in [5.74, 6) is 0. The van der Waals surface area contributed by atoms with Crippen molar-refractivity contribution in [2.45, 2.75) is 78.9 Å². The predicted molar refractivity (Wildman–Crippen MR) is 72.6 cm³/mol. The van der Waals surface area contributed by atoms with Crippen LogP contribution >= 0.6 is 0 Å². The van der Waals surface area contributed by atoms with Gasteiger partial charge in [0.05, 0.1) is 0 Å². The summed E-state index contributed by atoms with van der Waals surface area (Å²) in [6.07, 6.45) is 0. The monoisotopic (exact) mass is 367 g/mol. The third-order valence-corrected chi connectivity index (χ3v) is 8.62. The first-order valence-electron chi connectivity index (χ1n) is 6.42. The summed E-state index contributed by atoms with van der Waals surface area (Å²) in [5.41, 5.74) is 0.689. The van der Waals surface area contributed by atoms with Crippen LogP contribution in [0.5, 0.6) is 0 Å². The van der Waals surface area contributed by atoms with E-state index < -0.39 is 0 Å². The molecule has 0 fully saturated rings.